The Bertz CT molecular complexity index is 646. The van der Waals surface area contributed by atoms with E-state index in [1.807, 2.05) is 24.3 Å². The van der Waals surface area contributed by atoms with Crippen LogP contribution in [0.4, 0.5) is 0 Å². The van der Waals surface area contributed by atoms with Crippen LogP contribution in [0, 0.1) is 0 Å². The Morgan fingerprint density at radius 2 is 2.00 bits per heavy atom. The van der Waals surface area contributed by atoms with Crippen LogP contribution in [0.15, 0.2) is 51.9 Å². The predicted octanol–water partition coefficient (Wildman–Crippen LogP) is 2.92. The van der Waals surface area contributed by atoms with E-state index >= 15 is 0 Å². The zero-order chi connectivity index (χ0) is 11.0. The molecule has 0 N–H and O–H groups in total. The van der Waals surface area contributed by atoms with Gasteiger partial charge in [0.1, 0.15) is 11.3 Å². The number of nitrogens with zero attached hydrogens (tertiary/aromatic N) is 1. The third kappa shape index (κ3) is 1.53. The summed E-state index contributed by atoms with van der Waals surface area (Å²) in [4.78, 5) is 15.3. The number of fused-ring (bicyclic) bond motifs is 1. The Kier molecular flexibility index (Phi) is 2.08. The Morgan fingerprint density at radius 3 is 2.75 bits per heavy atom. The molecule has 0 saturated heterocycles. The molecule has 0 atom stereocenters. The van der Waals surface area contributed by atoms with E-state index in [0.29, 0.717) is 0 Å². The standard InChI is InChI=1S/C12H7NO2S/c14-11-6-5-8(7-15-11)12-13-9-3-1-2-4-10(9)16-12/h1-7H. The highest BCUT2D eigenvalue weighted by Gasteiger charge is 2.05. The first-order chi connectivity index (χ1) is 7.83. The Hall–Kier alpha value is -1.94. The van der Waals surface area contributed by atoms with Crippen molar-refractivity contribution in [1.29, 1.82) is 0 Å². The molecule has 0 saturated carbocycles. The van der Waals surface area contributed by atoms with Gasteiger partial charge >= 0.3 is 5.63 Å². The van der Waals surface area contributed by atoms with Crippen molar-refractivity contribution in [2.75, 3.05) is 0 Å². The van der Waals surface area contributed by atoms with Gasteiger partial charge < -0.3 is 4.42 Å². The maximum atomic E-state index is 10.8. The number of thiazole rings is 1. The lowest BCUT2D eigenvalue weighted by atomic mass is 10.3. The molecule has 2 heterocycles. The first kappa shape index (κ1) is 9.30. The van der Waals surface area contributed by atoms with Gasteiger partial charge in [-0.1, -0.05) is 12.1 Å². The van der Waals surface area contributed by atoms with Crippen molar-refractivity contribution in [1.82, 2.24) is 4.98 Å². The summed E-state index contributed by atoms with van der Waals surface area (Å²) in [5.74, 6) is 0. The molecule has 0 bridgehead atoms. The highest BCUT2D eigenvalue weighted by atomic mass is 32.1. The fourth-order valence-corrected chi connectivity index (χ4v) is 2.43. The Balaban J connectivity index is 2.19. The van der Waals surface area contributed by atoms with E-state index in [1.165, 1.54) is 12.3 Å². The zero-order valence-corrected chi connectivity index (χ0v) is 9.03. The largest absolute Gasteiger partial charge is 0.431 e. The maximum absolute atomic E-state index is 10.8. The third-order valence-electron chi connectivity index (χ3n) is 2.24. The van der Waals surface area contributed by atoms with E-state index in [4.69, 9.17) is 4.42 Å². The molecule has 0 amide bonds. The van der Waals surface area contributed by atoms with Gasteiger partial charge in [0.25, 0.3) is 0 Å². The molecular formula is C12H7NO2S. The van der Waals surface area contributed by atoms with Crippen LogP contribution in [0.25, 0.3) is 20.8 Å². The lowest BCUT2D eigenvalue weighted by Crippen LogP contribution is -1.93. The molecule has 3 aromatic rings. The first-order valence-corrected chi connectivity index (χ1v) is 5.59. The summed E-state index contributed by atoms with van der Waals surface area (Å²) in [5, 5.41) is 0.866. The van der Waals surface area contributed by atoms with Crippen LogP contribution in [0.1, 0.15) is 0 Å². The lowest BCUT2D eigenvalue weighted by molar-refractivity contribution is 0.512. The summed E-state index contributed by atoms with van der Waals surface area (Å²) < 4.78 is 5.95. The van der Waals surface area contributed by atoms with Gasteiger partial charge in [0, 0.05) is 11.6 Å². The average molecular weight is 229 g/mol. The summed E-state index contributed by atoms with van der Waals surface area (Å²) in [6, 6.07) is 11.1. The van der Waals surface area contributed by atoms with Gasteiger partial charge in [-0.15, -0.1) is 11.3 Å². The quantitative estimate of drug-likeness (QED) is 0.644. The van der Waals surface area contributed by atoms with E-state index in [2.05, 4.69) is 4.98 Å². The van der Waals surface area contributed by atoms with Gasteiger partial charge in [-0.3, -0.25) is 0 Å². The van der Waals surface area contributed by atoms with Crippen molar-refractivity contribution in [3.63, 3.8) is 0 Å². The molecule has 0 radical (unpaired) electrons. The van der Waals surface area contributed by atoms with Crippen molar-refractivity contribution < 1.29 is 4.42 Å². The van der Waals surface area contributed by atoms with E-state index < -0.39 is 0 Å². The van der Waals surface area contributed by atoms with Gasteiger partial charge in [0.2, 0.25) is 0 Å². The smallest absolute Gasteiger partial charge is 0.335 e. The summed E-state index contributed by atoms with van der Waals surface area (Å²) in [7, 11) is 0. The molecule has 0 fully saturated rings. The molecule has 3 nitrogen and oxygen atoms in total. The van der Waals surface area contributed by atoms with Crippen molar-refractivity contribution in [3.05, 3.63) is 53.1 Å². The van der Waals surface area contributed by atoms with E-state index in [1.54, 1.807) is 17.4 Å². The molecular weight excluding hydrogens is 222 g/mol. The number of benzene rings is 1. The molecule has 0 aliphatic heterocycles. The molecule has 0 unspecified atom stereocenters. The summed E-state index contributed by atoms with van der Waals surface area (Å²) in [6.07, 6.45) is 1.44. The van der Waals surface area contributed by atoms with Crippen molar-refractivity contribution in [2.24, 2.45) is 0 Å². The summed E-state index contributed by atoms with van der Waals surface area (Å²) in [6.45, 7) is 0. The third-order valence-corrected chi connectivity index (χ3v) is 3.33. The van der Waals surface area contributed by atoms with Crippen LogP contribution in [-0.4, -0.2) is 4.98 Å². The number of hydrogen-bond donors (Lipinski definition) is 0. The van der Waals surface area contributed by atoms with Crippen LogP contribution < -0.4 is 5.63 Å². The molecule has 3 rings (SSSR count). The maximum Gasteiger partial charge on any atom is 0.335 e. The van der Waals surface area contributed by atoms with Crippen LogP contribution in [0.2, 0.25) is 0 Å². The number of rotatable bonds is 1. The molecule has 4 heteroatoms. The van der Waals surface area contributed by atoms with Crippen LogP contribution in [-0.2, 0) is 0 Å². The topological polar surface area (TPSA) is 43.1 Å². The minimum Gasteiger partial charge on any atom is -0.431 e. The SMILES string of the molecule is O=c1ccc(-c2nc3ccccc3s2)co1. The van der Waals surface area contributed by atoms with Gasteiger partial charge in [-0.25, -0.2) is 9.78 Å². The second-order valence-corrected chi connectivity index (χ2v) is 4.36. The highest BCUT2D eigenvalue weighted by Crippen LogP contribution is 2.29. The highest BCUT2D eigenvalue weighted by molar-refractivity contribution is 7.21. The predicted molar refractivity (Wildman–Crippen MR) is 63.6 cm³/mol. The molecule has 0 spiro atoms. The number of para-hydroxylation sites is 1. The van der Waals surface area contributed by atoms with Gasteiger partial charge in [-0.2, -0.15) is 0 Å². The Labute approximate surface area is 95.0 Å². The molecule has 0 aliphatic carbocycles. The fraction of sp³-hybridized carbons (Fsp3) is 0. The fourth-order valence-electron chi connectivity index (χ4n) is 1.48. The molecule has 0 aliphatic rings. The Morgan fingerprint density at radius 1 is 1.12 bits per heavy atom. The number of aromatic nitrogens is 1. The summed E-state index contributed by atoms with van der Waals surface area (Å²) >= 11 is 1.58. The second kappa shape index (κ2) is 3.57. The van der Waals surface area contributed by atoms with E-state index in [0.717, 1.165) is 20.8 Å². The first-order valence-electron chi connectivity index (χ1n) is 4.78. The molecule has 16 heavy (non-hydrogen) atoms. The van der Waals surface area contributed by atoms with Gasteiger partial charge in [0.15, 0.2) is 0 Å². The van der Waals surface area contributed by atoms with Crippen molar-refractivity contribution in [2.45, 2.75) is 0 Å². The molecule has 1 aromatic carbocycles. The van der Waals surface area contributed by atoms with Crippen LogP contribution in [0.5, 0.6) is 0 Å². The minimum absolute atomic E-state index is 0.343. The van der Waals surface area contributed by atoms with E-state index in [-0.39, 0.29) is 5.63 Å². The van der Waals surface area contributed by atoms with Crippen LogP contribution in [0.3, 0.4) is 0 Å². The van der Waals surface area contributed by atoms with Crippen molar-refractivity contribution >= 4 is 21.6 Å². The molecule has 2 aromatic heterocycles. The zero-order valence-electron chi connectivity index (χ0n) is 8.21. The van der Waals surface area contributed by atoms with Crippen molar-refractivity contribution in [3.8, 4) is 10.6 Å². The second-order valence-electron chi connectivity index (χ2n) is 3.33. The molecule has 78 valence electrons. The minimum atomic E-state index is -0.343. The lowest BCUT2D eigenvalue weighted by Gasteiger charge is -1.91. The van der Waals surface area contributed by atoms with Gasteiger partial charge in [0.05, 0.1) is 10.2 Å². The summed E-state index contributed by atoms with van der Waals surface area (Å²) in [5.41, 5.74) is 1.46. The average Bonchev–Trinajstić information content (AvgIpc) is 2.73. The van der Waals surface area contributed by atoms with E-state index in [9.17, 15) is 4.79 Å². The van der Waals surface area contributed by atoms with Crippen LogP contribution >= 0.6 is 11.3 Å². The monoisotopic (exact) mass is 229 g/mol. The normalized spacial score (nSPS) is 10.8. The number of hydrogen-bond acceptors (Lipinski definition) is 4. The van der Waals surface area contributed by atoms with Gasteiger partial charge in [-0.05, 0) is 18.2 Å².